The van der Waals surface area contributed by atoms with Gasteiger partial charge in [0.15, 0.2) is 0 Å². The molecule has 0 spiro atoms. The summed E-state index contributed by atoms with van der Waals surface area (Å²) in [6.45, 7) is 5.16. The SMILES string of the molecule is Cc1ccc(CN2CCNC(=O)[C@H]2CC(=O)N2CCC(c3ncc[nH]3)CC2)o1. The number of aromatic amines is 1. The Bertz CT molecular complexity index is 808. The van der Waals surface area contributed by atoms with Gasteiger partial charge in [-0.3, -0.25) is 14.5 Å². The molecule has 2 N–H and O–H groups in total. The average Bonchev–Trinajstić information content (AvgIpc) is 3.36. The van der Waals surface area contributed by atoms with Crippen molar-refractivity contribution >= 4 is 11.8 Å². The number of aryl methyl sites for hydroxylation is 1. The average molecular weight is 385 g/mol. The molecule has 0 saturated carbocycles. The van der Waals surface area contributed by atoms with Crippen LogP contribution >= 0.6 is 0 Å². The molecule has 2 amide bonds. The van der Waals surface area contributed by atoms with Gasteiger partial charge >= 0.3 is 0 Å². The molecule has 28 heavy (non-hydrogen) atoms. The van der Waals surface area contributed by atoms with Crippen LogP contribution in [-0.4, -0.2) is 63.8 Å². The predicted octanol–water partition coefficient (Wildman–Crippen LogP) is 1.41. The van der Waals surface area contributed by atoms with Crippen molar-refractivity contribution in [2.24, 2.45) is 0 Å². The smallest absolute Gasteiger partial charge is 0.237 e. The van der Waals surface area contributed by atoms with Gasteiger partial charge in [0.25, 0.3) is 0 Å². The molecule has 0 radical (unpaired) electrons. The molecular formula is C20H27N5O3. The van der Waals surface area contributed by atoms with Crippen molar-refractivity contribution in [2.45, 2.75) is 44.7 Å². The van der Waals surface area contributed by atoms with E-state index in [4.69, 9.17) is 4.42 Å². The van der Waals surface area contributed by atoms with E-state index >= 15 is 0 Å². The first-order valence-corrected chi connectivity index (χ1v) is 9.94. The maximum atomic E-state index is 12.9. The molecule has 150 valence electrons. The number of piperidine rings is 1. The first-order chi connectivity index (χ1) is 13.6. The van der Waals surface area contributed by atoms with Crippen LogP contribution in [0.1, 0.15) is 42.5 Å². The van der Waals surface area contributed by atoms with Crippen molar-refractivity contribution in [3.63, 3.8) is 0 Å². The number of carbonyl (C=O) groups excluding carboxylic acids is 2. The molecule has 2 aromatic rings. The highest BCUT2D eigenvalue weighted by Gasteiger charge is 2.34. The number of hydrogen-bond acceptors (Lipinski definition) is 5. The maximum Gasteiger partial charge on any atom is 0.237 e. The molecule has 1 atom stereocenters. The van der Waals surface area contributed by atoms with E-state index in [0.29, 0.717) is 38.6 Å². The van der Waals surface area contributed by atoms with Crippen LogP contribution in [0.15, 0.2) is 28.9 Å². The highest BCUT2D eigenvalue weighted by Crippen LogP contribution is 2.26. The van der Waals surface area contributed by atoms with Gasteiger partial charge in [0.2, 0.25) is 11.8 Å². The standard InChI is InChI=1S/C20H27N5O3/c1-14-2-3-16(28-14)13-25-11-8-23-20(27)17(25)12-18(26)24-9-4-15(5-10-24)19-21-6-7-22-19/h2-3,6-7,15,17H,4-5,8-13H2,1H3,(H,21,22)(H,23,27)/t17-/m1/s1. The van der Waals surface area contributed by atoms with Crippen LogP contribution in [0.3, 0.4) is 0 Å². The van der Waals surface area contributed by atoms with Gasteiger partial charge in [0.1, 0.15) is 17.3 Å². The number of nitrogens with zero attached hydrogens (tertiary/aromatic N) is 3. The summed E-state index contributed by atoms with van der Waals surface area (Å²) in [5.74, 6) is 3.01. The van der Waals surface area contributed by atoms with E-state index in [1.807, 2.05) is 35.1 Å². The van der Waals surface area contributed by atoms with E-state index in [2.05, 4.69) is 15.3 Å². The predicted molar refractivity (Wildman–Crippen MR) is 102 cm³/mol. The van der Waals surface area contributed by atoms with Crippen molar-refractivity contribution in [1.82, 2.24) is 25.1 Å². The quantitative estimate of drug-likeness (QED) is 0.812. The fraction of sp³-hybridized carbons (Fsp3) is 0.550. The molecule has 2 aliphatic heterocycles. The molecule has 2 aromatic heterocycles. The Hall–Kier alpha value is -2.61. The van der Waals surface area contributed by atoms with E-state index < -0.39 is 6.04 Å². The van der Waals surface area contributed by atoms with Crippen molar-refractivity contribution in [2.75, 3.05) is 26.2 Å². The van der Waals surface area contributed by atoms with Gasteiger partial charge in [0.05, 0.1) is 19.0 Å². The molecule has 8 nitrogen and oxygen atoms in total. The number of H-pyrrole nitrogens is 1. The first kappa shape index (κ1) is 18.7. The van der Waals surface area contributed by atoms with Gasteiger partial charge in [-0.25, -0.2) is 4.98 Å². The molecule has 2 aliphatic rings. The van der Waals surface area contributed by atoms with E-state index in [-0.39, 0.29) is 18.2 Å². The Morgan fingerprint density at radius 3 is 2.79 bits per heavy atom. The van der Waals surface area contributed by atoms with Crippen LogP contribution in [0.4, 0.5) is 0 Å². The lowest BCUT2D eigenvalue weighted by atomic mass is 9.95. The van der Waals surface area contributed by atoms with Crippen LogP contribution < -0.4 is 5.32 Å². The fourth-order valence-corrected chi connectivity index (χ4v) is 4.14. The zero-order chi connectivity index (χ0) is 19.5. The number of aromatic nitrogens is 2. The summed E-state index contributed by atoms with van der Waals surface area (Å²) in [5.41, 5.74) is 0. The summed E-state index contributed by atoms with van der Waals surface area (Å²) in [6, 6.07) is 3.40. The van der Waals surface area contributed by atoms with E-state index in [9.17, 15) is 9.59 Å². The number of amides is 2. The van der Waals surface area contributed by atoms with E-state index in [1.54, 1.807) is 6.20 Å². The van der Waals surface area contributed by atoms with Crippen molar-refractivity contribution in [3.05, 3.63) is 41.9 Å². The monoisotopic (exact) mass is 385 g/mol. The summed E-state index contributed by atoms with van der Waals surface area (Å²) in [5, 5.41) is 2.89. The van der Waals surface area contributed by atoms with Crippen LogP contribution in [0, 0.1) is 6.92 Å². The van der Waals surface area contributed by atoms with Crippen LogP contribution in [0.2, 0.25) is 0 Å². The van der Waals surface area contributed by atoms with Gasteiger partial charge in [-0.15, -0.1) is 0 Å². The number of imidazole rings is 1. The number of likely N-dealkylation sites (tertiary alicyclic amines) is 1. The second-order valence-electron chi connectivity index (χ2n) is 7.62. The molecule has 4 rings (SSSR count). The third-order valence-corrected chi connectivity index (χ3v) is 5.72. The molecule has 0 unspecified atom stereocenters. The summed E-state index contributed by atoms with van der Waals surface area (Å²) in [7, 11) is 0. The van der Waals surface area contributed by atoms with Gasteiger partial charge < -0.3 is 19.6 Å². The molecule has 0 aromatic carbocycles. The summed E-state index contributed by atoms with van der Waals surface area (Å²) in [4.78, 5) is 36.8. The number of nitrogens with one attached hydrogen (secondary N) is 2. The summed E-state index contributed by atoms with van der Waals surface area (Å²) in [6.07, 6.45) is 5.60. The normalized spacial score (nSPS) is 21.7. The lowest BCUT2D eigenvalue weighted by Crippen LogP contribution is -2.56. The van der Waals surface area contributed by atoms with Gasteiger partial charge in [0, 0.05) is 44.5 Å². The third-order valence-electron chi connectivity index (χ3n) is 5.72. The first-order valence-electron chi connectivity index (χ1n) is 9.94. The Kier molecular flexibility index (Phi) is 5.47. The van der Waals surface area contributed by atoms with Crippen molar-refractivity contribution in [3.8, 4) is 0 Å². The number of carbonyl (C=O) groups is 2. The second kappa shape index (κ2) is 8.18. The minimum Gasteiger partial charge on any atom is -0.465 e. The zero-order valence-electron chi connectivity index (χ0n) is 16.2. The molecule has 0 bridgehead atoms. The Labute approximate surface area is 164 Å². The molecule has 4 heterocycles. The third kappa shape index (κ3) is 4.11. The van der Waals surface area contributed by atoms with Gasteiger partial charge in [-0.1, -0.05) is 0 Å². The van der Waals surface area contributed by atoms with Crippen LogP contribution in [-0.2, 0) is 16.1 Å². The number of piperazine rings is 1. The molecule has 8 heteroatoms. The molecule has 0 aliphatic carbocycles. The Morgan fingerprint density at radius 1 is 1.29 bits per heavy atom. The highest BCUT2D eigenvalue weighted by atomic mass is 16.3. The number of hydrogen-bond donors (Lipinski definition) is 2. The summed E-state index contributed by atoms with van der Waals surface area (Å²) < 4.78 is 5.66. The van der Waals surface area contributed by atoms with Crippen LogP contribution in [0.25, 0.3) is 0 Å². The zero-order valence-corrected chi connectivity index (χ0v) is 16.2. The minimum absolute atomic E-state index is 0.0422. The van der Waals surface area contributed by atoms with Crippen molar-refractivity contribution < 1.29 is 14.0 Å². The minimum atomic E-state index is -0.450. The largest absolute Gasteiger partial charge is 0.465 e. The molecule has 2 fully saturated rings. The van der Waals surface area contributed by atoms with E-state index in [1.165, 1.54) is 0 Å². The molecule has 2 saturated heterocycles. The topological polar surface area (TPSA) is 94.5 Å². The maximum absolute atomic E-state index is 12.9. The Morgan fingerprint density at radius 2 is 2.11 bits per heavy atom. The van der Waals surface area contributed by atoms with Gasteiger partial charge in [-0.2, -0.15) is 0 Å². The van der Waals surface area contributed by atoms with Crippen LogP contribution in [0.5, 0.6) is 0 Å². The highest BCUT2D eigenvalue weighted by molar-refractivity contribution is 5.88. The lowest BCUT2D eigenvalue weighted by molar-refractivity contribution is -0.139. The Balaban J connectivity index is 1.35. The number of rotatable bonds is 5. The second-order valence-corrected chi connectivity index (χ2v) is 7.62. The lowest BCUT2D eigenvalue weighted by Gasteiger charge is -2.36. The fourth-order valence-electron chi connectivity index (χ4n) is 4.14. The van der Waals surface area contributed by atoms with Gasteiger partial charge in [-0.05, 0) is 31.9 Å². The summed E-state index contributed by atoms with van der Waals surface area (Å²) >= 11 is 0. The molecular weight excluding hydrogens is 358 g/mol. The van der Waals surface area contributed by atoms with E-state index in [0.717, 1.165) is 30.2 Å². The van der Waals surface area contributed by atoms with Crippen molar-refractivity contribution in [1.29, 1.82) is 0 Å². The number of furan rings is 1.